The molecule has 2 aromatic heterocycles. The van der Waals surface area contributed by atoms with Crippen LogP contribution in [0.5, 0.6) is 0 Å². The Morgan fingerprint density at radius 3 is 2.64 bits per heavy atom. The second kappa shape index (κ2) is 5.95. The van der Waals surface area contributed by atoms with Gasteiger partial charge < -0.3 is 4.57 Å². The third-order valence-corrected chi connectivity index (χ3v) is 4.66. The maximum Gasteiger partial charge on any atom is 0.214 e. The molecule has 3 aromatic rings. The lowest BCUT2D eigenvalue weighted by Crippen LogP contribution is -2.12. The molecule has 1 aromatic carbocycles. The van der Waals surface area contributed by atoms with Gasteiger partial charge in [-0.2, -0.15) is 11.3 Å². The van der Waals surface area contributed by atoms with Crippen LogP contribution in [0.4, 0.5) is 8.78 Å². The molecule has 0 bridgehead atoms. The molecule has 22 heavy (non-hydrogen) atoms. The molecule has 2 heterocycles. The first kappa shape index (κ1) is 15.4. The van der Waals surface area contributed by atoms with E-state index in [0.29, 0.717) is 0 Å². The summed E-state index contributed by atoms with van der Waals surface area (Å²) in [6.45, 7) is 0. The molecule has 0 fully saturated rings. The van der Waals surface area contributed by atoms with E-state index in [1.807, 2.05) is 16.8 Å². The Balaban J connectivity index is 2.39. The molecule has 0 N–H and O–H groups in total. The maximum absolute atomic E-state index is 14.1. The molecule has 0 atom stereocenters. The van der Waals surface area contributed by atoms with Crippen molar-refractivity contribution < 1.29 is 8.78 Å². The second-order valence-corrected chi connectivity index (χ2v) is 6.46. The number of hydrogen-bond donors (Lipinski definition) is 0. The Labute approximate surface area is 141 Å². The molecule has 0 aliphatic carbocycles. The predicted molar refractivity (Wildman–Crippen MR) is 88.0 cm³/mol. The van der Waals surface area contributed by atoms with E-state index >= 15 is 0 Å². The summed E-state index contributed by atoms with van der Waals surface area (Å²) in [4.78, 5) is 12.1. The Morgan fingerprint density at radius 1 is 1.23 bits per heavy atom. The molecule has 7 heteroatoms. The van der Waals surface area contributed by atoms with Crippen LogP contribution in [-0.4, -0.2) is 4.57 Å². The van der Waals surface area contributed by atoms with Gasteiger partial charge in [0.2, 0.25) is 5.43 Å². The molecule has 0 radical (unpaired) electrons. The summed E-state index contributed by atoms with van der Waals surface area (Å²) >= 11 is 10.7. The molecule has 2 nitrogen and oxygen atoms in total. The maximum atomic E-state index is 14.1. The molecule has 0 saturated carbocycles. The van der Waals surface area contributed by atoms with E-state index in [2.05, 4.69) is 15.9 Å². The molecular formula is C15H7BrClF2NOS. The first-order valence-corrected chi connectivity index (χ1v) is 8.19. The van der Waals surface area contributed by atoms with Gasteiger partial charge >= 0.3 is 0 Å². The standard InChI is InChI=1S/C15H7BrClF2NOS/c16-11-6-20(9-3-4-22-7-9)14(13(17)15(11)21)10-2-1-8(18)5-12(10)19/h1-7H. The lowest BCUT2D eigenvalue weighted by molar-refractivity contribution is 0.585. The van der Waals surface area contributed by atoms with Crippen molar-refractivity contribution in [2.75, 3.05) is 0 Å². The summed E-state index contributed by atoms with van der Waals surface area (Å²) in [6.07, 6.45) is 1.52. The zero-order valence-corrected chi connectivity index (χ0v) is 14.0. The van der Waals surface area contributed by atoms with E-state index in [0.717, 1.165) is 17.8 Å². The van der Waals surface area contributed by atoms with Gasteiger partial charge in [-0.25, -0.2) is 8.78 Å². The molecule has 3 rings (SSSR count). The monoisotopic (exact) mass is 401 g/mol. The van der Waals surface area contributed by atoms with Crippen LogP contribution in [0.3, 0.4) is 0 Å². The Kier molecular flexibility index (Phi) is 4.16. The number of nitrogens with zero attached hydrogens (tertiary/aromatic N) is 1. The van der Waals surface area contributed by atoms with Gasteiger partial charge in [0.15, 0.2) is 0 Å². The highest BCUT2D eigenvalue weighted by atomic mass is 79.9. The van der Waals surface area contributed by atoms with Crippen molar-refractivity contribution in [3.63, 3.8) is 0 Å². The van der Waals surface area contributed by atoms with Crippen LogP contribution >= 0.6 is 38.9 Å². The van der Waals surface area contributed by atoms with E-state index in [1.165, 1.54) is 23.6 Å². The van der Waals surface area contributed by atoms with Crippen molar-refractivity contribution in [3.05, 3.63) is 72.6 Å². The third kappa shape index (κ3) is 2.62. The zero-order chi connectivity index (χ0) is 15.9. The highest BCUT2D eigenvalue weighted by Gasteiger charge is 2.19. The highest BCUT2D eigenvalue weighted by molar-refractivity contribution is 9.10. The fourth-order valence-corrected chi connectivity index (χ4v) is 3.52. The third-order valence-electron chi connectivity index (χ3n) is 3.08. The average Bonchev–Trinajstić information content (AvgIpc) is 3.00. The van der Waals surface area contributed by atoms with Crippen LogP contribution in [0, 0.1) is 11.6 Å². The highest BCUT2D eigenvalue weighted by Crippen LogP contribution is 2.32. The zero-order valence-electron chi connectivity index (χ0n) is 10.8. The first-order chi connectivity index (χ1) is 10.5. The normalized spacial score (nSPS) is 10.9. The van der Waals surface area contributed by atoms with E-state index < -0.39 is 17.1 Å². The van der Waals surface area contributed by atoms with Crippen molar-refractivity contribution in [2.24, 2.45) is 0 Å². The summed E-state index contributed by atoms with van der Waals surface area (Å²) in [7, 11) is 0. The molecule has 0 aliphatic heterocycles. The molecule has 0 amide bonds. The van der Waals surface area contributed by atoms with E-state index in [9.17, 15) is 13.6 Å². The average molecular weight is 403 g/mol. The van der Waals surface area contributed by atoms with Gasteiger partial charge in [0.05, 0.1) is 15.9 Å². The number of thiophene rings is 1. The molecule has 0 spiro atoms. The van der Waals surface area contributed by atoms with Gasteiger partial charge in [0, 0.05) is 23.2 Å². The summed E-state index contributed by atoms with van der Waals surface area (Å²) in [5, 5.41) is 3.55. The summed E-state index contributed by atoms with van der Waals surface area (Å²) < 4.78 is 29.1. The molecule has 112 valence electrons. The summed E-state index contributed by atoms with van der Waals surface area (Å²) in [5.74, 6) is -1.48. The lowest BCUT2D eigenvalue weighted by Gasteiger charge is -2.15. The summed E-state index contributed by atoms with van der Waals surface area (Å²) in [6, 6.07) is 4.96. The smallest absolute Gasteiger partial charge is 0.214 e. The van der Waals surface area contributed by atoms with Crippen molar-refractivity contribution in [3.8, 4) is 16.9 Å². The molecular weight excluding hydrogens is 396 g/mol. The van der Waals surface area contributed by atoms with Crippen molar-refractivity contribution >= 4 is 38.9 Å². The van der Waals surface area contributed by atoms with Crippen LogP contribution in [0.1, 0.15) is 0 Å². The summed E-state index contributed by atoms with van der Waals surface area (Å²) in [5.41, 5.74) is 0.520. The Hall–Kier alpha value is -1.50. The number of hydrogen-bond acceptors (Lipinski definition) is 2. The number of halogens is 4. The minimum absolute atomic E-state index is 0.0576. The van der Waals surface area contributed by atoms with Crippen LogP contribution in [0.15, 0.2) is 50.5 Å². The number of pyridine rings is 1. The van der Waals surface area contributed by atoms with Gasteiger partial charge in [-0.3, -0.25) is 4.79 Å². The Bertz CT molecular complexity index is 909. The number of benzene rings is 1. The number of rotatable bonds is 2. The van der Waals surface area contributed by atoms with Crippen LogP contribution < -0.4 is 5.43 Å². The fraction of sp³-hybridized carbons (Fsp3) is 0. The van der Waals surface area contributed by atoms with Gasteiger partial charge in [0.25, 0.3) is 0 Å². The van der Waals surface area contributed by atoms with E-state index in [4.69, 9.17) is 11.6 Å². The predicted octanol–water partition coefficient (Wildman–Crippen LogP) is 5.26. The second-order valence-electron chi connectivity index (χ2n) is 4.44. The largest absolute Gasteiger partial charge is 0.313 e. The topological polar surface area (TPSA) is 22.0 Å². The lowest BCUT2D eigenvalue weighted by atomic mass is 10.1. The number of aromatic nitrogens is 1. The molecule has 0 aliphatic rings. The van der Waals surface area contributed by atoms with Crippen LogP contribution in [0.25, 0.3) is 16.9 Å². The Morgan fingerprint density at radius 2 is 2.00 bits per heavy atom. The van der Waals surface area contributed by atoms with Crippen LogP contribution in [-0.2, 0) is 0 Å². The van der Waals surface area contributed by atoms with Gasteiger partial charge in [0.1, 0.15) is 16.7 Å². The fourth-order valence-electron chi connectivity index (χ4n) is 2.08. The van der Waals surface area contributed by atoms with E-state index in [1.54, 1.807) is 4.57 Å². The van der Waals surface area contributed by atoms with Crippen LogP contribution in [0.2, 0.25) is 5.02 Å². The minimum Gasteiger partial charge on any atom is -0.313 e. The minimum atomic E-state index is -0.785. The van der Waals surface area contributed by atoms with Gasteiger partial charge in [-0.05, 0) is 39.5 Å². The van der Waals surface area contributed by atoms with Crippen molar-refractivity contribution in [1.29, 1.82) is 0 Å². The van der Waals surface area contributed by atoms with E-state index in [-0.39, 0.29) is 20.8 Å². The van der Waals surface area contributed by atoms with Gasteiger partial charge in [-0.1, -0.05) is 11.6 Å². The van der Waals surface area contributed by atoms with Crippen molar-refractivity contribution in [1.82, 2.24) is 4.57 Å². The quantitative estimate of drug-likeness (QED) is 0.573. The first-order valence-electron chi connectivity index (χ1n) is 6.07. The van der Waals surface area contributed by atoms with Gasteiger partial charge in [-0.15, -0.1) is 0 Å². The SMILES string of the molecule is O=c1c(Br)cn(-c2ccsc2)c(-c2ccc(F)cc2F)c1Cl. The molecule has 0 saturated heterocycles. The molecule has 0 unspecified atom stereocenters. The van der Waals surface area contributed by atoms with Crippen molar-refractivity contribution in [2.45, 2.75) is 0 Å².